The van der Waals surface area contributed by atoms with Gasteiger partial charge in [-0.2, -0.15) is 8.42 Å². The molecule has 1 aliphatic rings. The average molecular weight is 291 g/mol. The first kappa shape index (κ1) is 10.4. The Morgan fingerprint density at radius 3 is 2.87 bits per heavy atom. The molecule has 0 aromatic heterocycles. The van der Waals surface area contributed by atoms with E-state index in [4.69, 9.17) is 4.74 Å². The fourth-order valence-corrected chi connectivity index (χ4v) is 3.04. The maximum Gasteiger partial charge on any atom is 0.286 e. The Morgan fingerprint density at radius 1 is 1.47 bits per heavy atom. The lowest BCUT2D eigenvalue weighted by atomic mass is 10.3. The van der Waals surface area contributed by atoms with Gasteiger partial charge in [0.15, 0.2) is 4.74 Å². The molecule has 1 aromatic rings. The Bertz CT molecular complexity index is 539. The van der Waals surface area contributed by atoms with Crippen LogP contribution in [0.2, 0.25) is 0 Å². The van der Waals surface area contributed by atoms with Gasteiger partial charge in [0.05, 0.1) is 12.8 Å². The summed E-state index contributed by atoms with van der Waals surface area (Å²) in [5, 5.41) is 2.80. The van der Waals surface area contributed by atoms with Crippen LogP contribution in [0.25, 0.3) is 0 Å². The summed E-state index contributed by atoms with van der Waals surface area (Å²) in [6.07, 6.45) is 0. The van der Waals surface area contributed by atoms with Crippen molar-refractivity contribution < 1.29 is 13.2 Å². The minimum Gasteiger partial charge on any atom is -0.497 e. The van der Waals surface area contributed by atoms with Crippen LogP contribution in [0.15, 0.2) is 27.5 Å². The van der Waals surface area contributed by atoms with Crippen LogP contribution >= 0.6 is 15.9 Å². The van der Waals surface area contributed by atoms with Crippen molar-refractivity contribution in [1.29, 1.82) is 0 Å². The van der Waals surface area contributed by atoms with E-state index >= 15 is 0 Å². The smallest absolute Gasteiger partial charge is 0.286 e. The molecule has 1 aliphatic heterocycles. The van der Waals surface area contributed by atoms with Gasteiger partial charge >= 0.3 is 0 Å². The highest BCUT2D eigenvalue weighted by atomic mass is 79.9. The molecule has 0 spiro atoms. The molecule has 1 heterocycles. The minimum absolute atomic E-state index is 0.116. The summed E-state index contributed by atoms with van der Waals surface area (Å²) in [6.45, 7) is 0. The molecule has 80 valence electrons. The van der Waals surface area contributed by atoms with E-state index in [1.807, 2.05) is 0 Å². The van der Waals surface area contributed by atoms with E-state index in [1.165, 1.54) is 13.2 Å². The van der Waals surface area contributed by atoms with Crippen LogP contribution < -0.4 is 10.1 Å². The highest BCUT2D eigenvalue weighted by Crippen LogP contribution is 2.31. The van der Waals surface area contributed by atoms with Crippen LogP contribution in [0.1, 0.15) is 0 Å². The second-order valence-corrected chi connectivity index (χ2v) is 5.17. The molecule has 2 rings (SSSR count). The van der Waals surface area contributed by atoms with Crippen LogP contribution in [0.3, 0.4) is 0 Å². The van der Waals surface area contributed by atoms with Gasteiger partial charge in [0.2, 0.25) is 0 Å². The van der Waals surface area contributed by atoms with Gasteiger partial charge < -0.3 is 10.1 Å². The highest BCUT2D eigenvalue weighted by molar-refractivity contribution is 9.18. The van der Waals surface area contributed by atoms with E-state index in [2.05, 4.69) is 25.6 Å². The van der Waals surface area contributed by atoms with E-state index in [0.717, 1.165) is 0 Å². The van der Waals surface area contributed by atoms with Crippen molar-refractivity contribution in [3.05, 3.63) is 18.2 Å². The summed E-state index contributed by atoms with van der Waals surface area (Å²) < 4.78 is 31.9. The zero-order chi connectivity index (χ0) is 11.1. The summed E-state index contributed by atoms with van der Waals surface area (Å²) in [6, 6.07) is 4.73. The van der Waals surface area contributed by atoms with Crippen molar-refractivity contribution in [2.24, 2.45) is 4.40 Å². The first-order valence-corrected chi connectivity index (χ1v) is 6.22. The molecule has 0 radical (unpaired) electrons. The summed E-state index contributed by atoms with van der Waals surface area (Å²) in [5.41, 5.74) is 0.484. The fourth-order valence-electron chi connectivity index (χ4n) is 1.23. The second-order valence-electron chi connectivity index (χ2n) is 2.84. The number of ether oxygens (including phenoxy) is 1. The van der Waals surface area contributed by atoms with Crippen LogP contribution in [0.5, 0.6) is 5.75 Å². The zero-order valence-corrected chi connectivity index (χ0v) is 10.1. The molecule has 1 aromatic carbocycles. The fraction of sp³-hybridized carbons (Fsp3) is 0.125. The van der Waals surface area contributed by atoms with Gasteiger partial charge in [-0.3, -0.25) is 0 Å². The normalized spacial score (nSPS) is 17.3. The summed E-state index contributed by atoms with van der Waals surface area (Å²) in [5.74, 6) is 0.479. The number of anilines is 1. The third kappa shape index (κ3) is 1.84. The largest absolute Gasteiger partial charge is 0.497 e. The molecule has 0 aliphatic carbocycles. The second kappa shape index (κ2) is 3.49. The number of methoxy groups -OCH3 is 1. The lowest BCUT2D eigenvalue weighted by molar-refractivity contribution is 0.413. The van der Waals surface area contributed by atoms with Crippen molar-refractivity contribution in [2.75, 3.05) is 12.4 Å². The Hall–Kier alpha value is -1.08. The molecule has 5 nitrogen and oxygen atoms in total. The quantitative estimate of drug-likeness (QED) is 0.797. The maximum absolute atomic E-state index is 11.6. The number of nitrogens with zero attached hydrogens (tertiary/aromatic N) is 1. The topological polar surface area (TPSA) is 67.8 Å². The number of sulfonamides is 1. The molecule has 0 bridgehead atoms. The van der Waals surface area contributed by atoms with Crippen LogP contribution in [0.4, 0.5) is 5.69 Å². The third-order valence-corrected chi connectivity index (χ3v) is 3.83. The van der Waals surface area contributed by atoms with E-state index in [0.29, 0.717) is 11.4 Å². The Morgan fingerprint density at radius 2 is 2.20 bits per heavy atom. The van der Waals surface area contributed by atoms with Crippen LogP contribution in [-0.4, -0.2) is 20.3 Å². The lowest BCUT2D eigenvalue weighted by Crippen LogP contribution is -2.16. The zero-order valence-electron chi connectivity index (χ0n) is 7.69. The molecule has 0 saturated carbocycles. The summed E-state index contributed by atoms with van der Waals surface area (Å²) in [4.78, 5) is 0.116. The molecule has 0 unspecified atom stereocenters. The number of rotatable bonds is 1. The van der Waals surface area contributed by atoms with Gasteiger partial charge in [-0.15, -0.1) is 4.40 Å². The van der Waals surface area contributed by atoms with Gasteiger partial charge in [0.25, 0.3) is 10.0 Å². The van der Waals surface area contributed by atoms with E-state index < -0.39 is 10.0 Å². The molecule has 0 fully saturated rings. The number of hydrogen-bond acceptors (Lipinski definition) is 4. The Labute approximate surface area is 95.3 Å². The number of hydrogen-bond donors (Lipinski definition) is 1. The lowest BCUT2D eigenvalue weighted by Gasteiger charge is -2.15. The highest BCUT2D eigenvalue weighted by Gasteiger charge is 2.24. The molecular weight excluding hydrogens is 284 g/mol. The number of benzene rings is 1. The summed E-state index contributed by atoms with van der Waals surface area (Å²) in [7, 11) is -2.15. The predicted octanol–water partition coefficient (Wildman–Crippen LogP) is 1.56. The molecule has 0 saturated heterocycles. The monoisotopic (exact) mass is 290 g/mol. The van der Waals surface area contributed by atoms with Crippen molar-refractivity contribution in [2.45, 2.75) is 4.90 Å². The SMILES string of the molecule is COc1ccc2c(c1)S(=O)(=O)N=C(Br)N2. The number of amidine groups is 1. The predicted molar refractivity (Wildman–Crippen MR) is 60.2 cm³/mol. The van der Waals surface area contributed by atoms with Crippen molar-refractivity contribution in [3.8, 4) is 5.75 Å². The summed E-state index contributed by atoms with van der Waals surface area (Å²) >= 11 is 3.00. The van der Waals surface area contributed by atoms with Crippen LogP contribution in [0, 0.1) is 0 Å². The Balaban J connectivity index is 2.65. The van der Waals surface area contributed by atoms with Gasteiger partial charge in [0, 0.05) is 6.07 Å². The number of fused-ring (bicyclic) bond motifs is 1. The van der Waals surface area contributed by atoms with Crippen molar-refractivity contribution in [3.63, 3.8) is 0 Å². The number of halogens is 1. The average Bonchev–Trinajstić information content (AvgIpc) is 2.16. The minimum atomic E-state index is -3.63. The first-order chi connectivity index (χ1) is 7.03. The van der Waals surface area contributed by atoms with Crippen LogP contribution in [-0.2, 0) is 10.0 Å². The van der Waals surface area contributed by atoms with Gasteiger partial charge in [-0.1, -0.05) is 0 Å². The standard InChI is InChI=1S/C8H7BrN2O3S/c1-14-5-2-3-6-7(4-5)15(12,13)11-8(9)10-6/h2-4H,1H3,(H,10,11). The van der Waals surface area contributed by atoms with Crippen molar-refractivity contribution >= 4 is 36.4 Å². The van der Waals surface area contributed by atoms with E-state index in [1.54, 1.807) is 12.1 Å². The van der Waals surface area contributed by atoms with E-state index in [-0.39, 0.29) is 9.64 Å². The first-order valence-electron chi connectivity index (χ1n) is 3.98. The molecule has 0 amide bonds. The molecular formula is C8H7BrN2O3S. The third-order valence-electron chi connectivity index (χ3n) is 1.90. The number of nitrogens with one attached hydrogen (secondary N) is 1. The van der Waals surface area contributed by atoms with Gasteiger partial charge in [-0.05, 0) is 28.1 Å². The van der Waals surface area contributed by atoms with E-state index in [9.17, 15) is 8.42 Å². The Kier molecular flexibility index (Phi) is 2.43. The molecule has 7 heteroatoms. The molecule has 1 N–H and O–H groups in total. The molecule has 15 heavy (non-hydrogen) atoms. The van der Waals surface area contributed by atoms with Gasteiger partial charge in [-0.25, -0.2) is 0 Å². The van der Waals surface area contributed by atoms with Gasteiger partial charge in [0.1, 0.15) is 10.6 Å². The molecule has 0 atom stereocenters. The van der Waals surface area contributed by atoms with Crippen molar-refractivity contribution in [1.82, 2.24) is 0 Å². The maximum atomic E-state index is 11.6.